The molecular formula is C21H32FIN4O2. The van der Waals surface area contributed by atoms with E-state index in [4.69, 9.17) is 9.15 Å². The minimum atomic E-state index is -0.229. The van der Waals surface area contributed by atoms with Crippen LogP contribution in [0.4, 0.5) is 4.39 Å². The van der Waals surface area contributed by atoms with Gasteiger partial charge in [0.2, 0.25) is 0 Å². The lowest BCUT2D eigenvalue weighted by atomic mass is 10.1. The molecule has 1 heterocycles. The third kappa shape index (κ3) is 9.60. The largest absolute Gasteiger partial charge is 0.467 e. The van der Waals surface area contributed by atoms with Gasteiger partial charge in [-0.05, 0) is 57.3 Å². The van der Waals surface area contributed by atoms with Gasteiger partial charge >= 0.3 is 0 Å². The first kappa shape index (κ1) is 25.4. The van der Waals surface area contributed by atoms with Crippen LogP contribution in [-0.4, -0.2) is 51.2 Å². The monoisotopic (exact) mass is 518 g/mol. The summed E-state index contributed by atoms with van der Waals surface area (Å²) >= 11 is 0. The van der Waals surface area contributed by atoms with Crippen molar-refractivity contribution in [3.05, 3.63) is 59.8 Å². The zero-order valence-electron chi connectivity index (χ0n) is 17.4. The molecule has 2 rings (SSSR count). The topological polar surface area (TPSA) is 62.0 Å². The Morgan fingerprint density at radius 1 is 1.24 bits per heavy atom. The van der Waals surface area contributed by atoms with Gasteiger partial charge in [0.15, 0.2) is 5.96 Å². The summed E-state index contributed by atoms with van der Waals surface area (Å²) in [6.45, 7) is 5.19. The number of ether oxygens (including phenoxy) is 1. The van der Waals surface area contributed by atoms with Gasteiger partial charge in [0.05, 0.1) is 18.8 Å². The molecule has 0 aliphatic carbocycles. The predicted octanol–water partition coefficient (Wildman–Crippen LogP) is 3.80. The molecule has 0 saturated carbocycles. The van der Waals surface area contributed by atoms with E-state index in [9.17, 15) is 4.39 Å². The van der Waals surface area contributed by atoms with Crippen LogP contribution in [0.15, 0.2) is 52.1 Å². The fourth-order valence-corrected chi connectivity index (χ4v) is 2.75. The summed E-state index contributed by atoms with van der Waals surface area (Å²) in [5, 5.41) is 6.56. The van der Waals surface area contributed by atoms with Crippen molar-refractivity contribution in [3.63, 3.8) is 0 Å². The molecule has 0 saturated heterocycles. The van der Waals surface area contributed by atoms with Crippen LogP contribution in [0.5, 0.6) is 0 Å². The van der Waals surface area contributed by atoms with Gasteiger partial charge in [-0.2, -0.15) is 0 Å². The van der Waals surface area contributed by atoms with Gasteiger partial charge in [-0.25, -0.2) is 4.39 Å². The molecule has 1 unspecified atom stereocenters. The van der Waals surface area contributed by atoms with Crippen molar-refractivity contribution < 1.29 is 13.5 Å². The number of halogens is 2. The number of benzene rings is 1. The molecule has 0 bridgehead atoms. The molecule has 2 aromatic rings. The van der Waals surface area contributed by atoms with Crippen molar-refractivity contribution in [1.29, 1.82) is 0 Å². The quantitative estimate of drug-likeness (QED) is 0.205. The minimum absolute atomic E-state index is 0. The van der Waals surface area contributed by atoms with Gasteiger partial charge < -0.3 is 24.7 Å². The molecule has 2 N–H and O–H groups in total. The third-order valence-corrected chi connectivity index (χ3v) is 4.21. The fourth-order valence-electron chi connectivity index (χ4n) is 2.75. The summed E-state index contributed by atoms with van der Waals surface area (Å²) in [4.78, 5) is 6.72. The standard InChI is InChI=1S/C21H31FN4O2.HI/c1-4-23-21(24-11-7-12-27-16-19-10-6-13-28-19)25-15-20(26(2)3)17-8-5-9-18(22)14-17;/h5-6,8-10,13-14,20H,4,7,11-12,15-16H2,1-3H3,(H2,23,24,25);1H. The van der Waals surface area contributed by atoms with Gasteiger partial charge in [0, 0.05) is 19.7 Å². The zero-order chi connectivity index (χ0) is 20.2. The second kappa shape index (κ2) is 14.4. The molecule has 8 heteroatoms. The van der Waals surface area contributed by atoms with Crippen molar-refractivity contribution in [1.82, 2.24) is 15.5 Å². The summed E-state index contributed by atoms with van der Waals surface area (Å²) in [5.41, 5.74) is 0.913. The van der Waals surface area contributed by atoms with E-state index in [-0.39, 0.29) is 35.8 Å². The number of likely N-dealkylation sites (N-methyl/N-ethyl adjacent to an activating group) is 1. The SMILES string of the molecule is CCNC(=NCC(c1cccc(F)c1)N(C)C)NCCCOCc1ccco1.I. The number of furan rings is 1. The molecule has 0 radical (unpaired) electrons. The highest BCUT2D eigenvalue weighted by atomic mass is 127. The van der Waals surface area contributed by atoms with Crippen LogP contribution >= 0.6 is 24.0 Å². The zero-order valence-corrected chi connectivity index (χ0v) is 19.7. The molecule has 0 fully saturated rings. The number of guanidine groups is 1. The fraction of sp³-hybridized carbons (Fsp3) is 0.476. The lowest BCUT2D eigenvalue weighted by Crippen LogP contribution is -2.38. The molecule has 1 aromatic heterocycles. The van der Waals surface area contributed by atoms with Crippen LogP contribution in [0, 0.1) is 5.82 Å². The van der Waals surface area contributed by atoms with Crippen molar-refractivity contribution in [3.8, 4) is 0 Å². The van der Waals surface area contributed by atoms with Crippen molar-refractivity contribution in [2.75, 3.05) is 40.3 Å². The number of hydrogen-bond donors (Lipinski definition) is 2. The Kier molecular flexibility index (Phi) is 12.6. The smallest absolute Gasteiger partial charge is 0.191 e. The van der Waals surface area contributed by atoms with Crippen molar-refractivity contribution in [2.24, 2.45) is 4.99 Å². The maximum atomic E-state index is 13.6. The lowest BCUT2D eigenvalue weighted by molar-refractivity contribution is 0.105. The Morgan fingerprint density at radius 2 is 2.07 bits per heavy atom. The minimum Gasteiger partial charge on any atom is -0.467 e. The second-order valence-corrected chi connectivity index (χ2v) is 6.67. The van der Waals surface area contributed by atoms with Crippen LogP contribution in [0.1, 0.15) is 30.7 Å². The van der Waals surface area contributed by atoms with Crippen LogP contribution in [-0.2, 0) is 11.3 Å². The summed E-state index contributed by atoms with van der Waals surface area (Å²) in [5.74, 6) is 1.35. The van der Waals surface area contributed by atoms with Gasteiger partial charge in [0.1, 0.15) is 18.2 Å². The summed E-state index contributed by atoms with van der Waals surface area (Å²) < 4.78 is 24.4. The Bertz CT molecular complexity index is 710. The van der Waals surface area contributed by atoms with Crippen LogP contribution in [0.3, 0.4) is 0 Å². The first-order chi connectivity index (χ1) is 13.6. The number of nitrogens with zero attached hydrogens (tertiary/aromatic N) is 2. The number of nitrogens with one attached hydrogen (secondary N) is 2. The third-order valence-electron chi connectivity index (χ3n) is 4.21. The molecule has 6 nitrogen and oxygen atoms in total. The van der Waals surface area contributed by atoms with E-state index in [1.54, 1.807) is 18.4 Å². The normalized spacial score (nSPS) is 12.5. The van der Waals surface area contributed by atoms with Gasteiger partial charge in [0.25, 0.3) is 0 Å². The lowest BCUT2D eigenvalue weighted by Gasteiger charge is -2.23. The first-order valence-corrected chi connectivity index (χ1v) is 9.64. The first-order valence-electron chi connectivity index (χ1n) is 9.64. The molecule has 1 aromatic carbocycles. The van der Waals surface area contributed by atoms with Crippen LogP contribution in [0.2, 0.25) is 0 Å². The average molecular weight is 518 g/mol. The predicted molar refractivity (Wildman–Crippen MR) is 125 cm³/mol. The molecule has 0 aliphatic heterocycles. The van der Waals surface area contributed by atoms with E-state index in [0.29, 0.717) is 19.8 Å². The maximum absolute atomic E-state index is 13.6. The maximum Gasteiger partial charge on any atom is 0.191 e. The van der Waals surface area contributed by atoms with E-state index < -0.39 is 0 Å². The average Bonchev–Trinajstić information content (AvgIpc) is 3.18. The Morgan fingerprint density at radius 3 is 2.72 bits per heavy atom. The van der Waals surface area contributed by atoms with Crippen LogP contribution in [0.25, 0.3) is 0 Å². The highest BCUT2D eigenvalue weighted by molar-refractivity contribution is 14.0. The molecule has 0 spiro atoms. The second-order valence-electron chi connectivity index (χ2n) is 6.67. The van der Waals surface area contributed by atoms with Crippen molar-refractivity contribution >= 4 is 29.9 Å². The number of aliphatic imine (C=N–C) groups is 1. The van der Waals surface area contributed by atoms with Gasteiger partial charge in [-0.1, -0.05) is 12.1 Å². The summed E-state index contributed by atoms with van der Waals surface area (Å²) in [7, 11) is 3.95. The van der Waals surface area contributed by atoms with Gasteiger partial charge in [-0.3, -0.25) is 4.99 Å². The van der Waals surface area contributed by atoms with E-state index in [1.807, 2.05) is 44.1 Å². The number of rotatable bonds is 11. The van der Waals surface area contributed by atoms with Crippen LogP contribution < -0.4 is 10.6 Å². The molecule has 29 heavy (non-hydrogen) atoms. The molecule has 162 valence electrons. The Hall–Kier alpha value is -1.65. The summed E-state index contributed by atoms with van der Waals surface area (Å²) in [6, 6.07) is 10.4. The molecular weight excluding hydrogens is 486 g/mol. The number of hydrogen-bond acceptors (Lipinski definition) is 4. The van der Waals surface area contributed by atoms with E-state index in [2.05, 4.69) is 15.6 Å². The van der Waals surface area contributed by atoms with Gasteiger partial charge in [-0.15, -0.1) is 24.0 Å². The molecule has 1 atom stereocenters. The highest BCUT2D eigenvalue weighted by Crippen LogP contribution is 2.19. The highest BCUT2D eigenvalue weighted by Gasteiger charge is 2.14. The van der Waals surface area contributed by atoms with E-state index in [1.165, 1.54) is 6.07 Å². The summed E-state index contributed by atoms with van der Waals surface area (Å²) in [6.07, 6.45) is 2.50. The molecule has 0 aliphatic rings. The van der Waals surface area contributed by atoms with E-state index in [0.717, 1.165) is 36.8 Å². The Labute approximate surface area is 189 Å². The van der Waals surface area contributed by atoms with Crippen molar-refractivity contribution in [2.45, 2.75) is 26.0 Å². The van der Waals surface area contributed by atoms with E-state index >= 15 is 0 Å². The Balaban J connectivity index is 0.00000420. The molecule has 0 amide bonds.